The minimum atomic E-state index is -1.18. The number of phenols is 1. The Labute approximate surface area is 124 Å². The number of hydrogen-bond acceptors (Lipinski definition) is 5. The van der Waals surface area contributed by atoms with Gasteiger partial charge in [0, 0.05) is 6.54 Å². The molecule has 0 heterocycles. The van der Waals surface area contributed by atoms with Crippen LogP contribution in [0.15, 0.2) is 18.2 Å². The molecule has 1 rings (SSSR count). The molecule has 0 bridgehead atoms. The van der Waals surface area contributed by atoms with Crippen LogP contribution in [0.2, 0.25) is 0 Å². The molecule has 2 unspecified atom stereocenters. The quantitative estimate of drug-likeness (QED) is 0.677. The fourth-order valence-corrected chi connectivity index (χ4v) is 1.70. The highest BCUT2D eigenvalue weighted by atomic mass is 16.6. The van der Waals surface area contributed by atoms with E-state index in [1.165, 1.54) is 12.1 Å². The van der Waals surface area contributed by atoms with Crippen LogP contribution in [-0.4, -0.2) is 39.7 Å². The zero-order valence-electron chi connectivity index (χ0n) is 12.8. The number of alkyl carbamates (subject to hydrolysis) is 1. The third-order valence-electron chi connectivity index (χ3n) is 2.78. The molecule has 1 amide bonds. The zero-order valence-corrected chi connectivity index (χ0v) is 12.8. The maximum atomic E-state index is 11.5. The van der Waals surface area contributed by atoms with E-state index in [-0.39, 0.29) is 12.3 Å². The van der Waals surface area contributed by atoms with Crippen LogP contribution in [0.25, 0.3) is 0 Å². The number of benzene rings is 1. The van der Waals surface area contributed by atoms with Crippen molar-refractivity contribution in [3.8, 4) is 5.75 Å². The Morgan fingerprint density at radius 3 is 2.48 bits per heavy atom. The first-order valence-corrected chi connectivity index (χ1v) is 6.72. The molecule has 21 heavy (non-hydrogen) atoms. The number of hydrogen-bond donors (Lipinski definition) is 4. The summed E-state index contributed by atoms with van der Waals surface area (Å²) in [4.78, 5) is 11.5. The number of aryl methyl sites for hydroxylation is 1. The molecule has 1 aromatic carbocycles. The Morgan fingerprint density at radius 2 is 1.95 bits per heavy atom. The lowest BCUT2D eigenvalue weighted by Gasteiger charge is -2.22. The number of carbonyl (C=O) groups is 1. The van der Waals surface area contributed by atoms with Gasteiger partial charge in [-0.1, -0.05) is 6.07 Å². The van der Waals surface area contributed by atoms with Crippen molar-refractivity contribution in [3.63, 3.8) is 0 Å². The molecule has 118 valence electrons. The molecule has 0 saturated heterocycles. The third kappa shape index (κ3) is 5.61. The number of carbonyl (C=O) groups excluding carboxylic acids is 1. The number of rotatable bonds is 4. The second kappa shape index (κ2) is 6.78. The summed E-state index contributed by atoms with van der Waals surface area (Å²) in [5.41, 5.74) is 0.435. The molecule has 0 aliphatic carbocycles. The van der Waals surface area contributed by atoms with Gasteiger partial charge in [0.1, 0.15) is 23.6 Å². The first-order chi connectivity index (χ1) is 9.60. The van der Waals surface area contributed by atoms with Gasteiger partial charge in [-0.2, -0.15) is 0 Å². The molecular formula is C15H23NO5. The van der Waals surface area contributed by atoms with E-state index in [0.29, 0.717) is 11.1 Å². The van der Waals surface area contributed by atoms with Crippen molar-refractivity contribution >= 4 is 6.09 Å². The van der Waals surface area contributed by atoms with Crippen LogP contribution in [0.3, 0.4) is 0 Å². The summed E-state index contributed by atoms with van der Waals surface area (Å²) < 4.78 is 5.03. The average Bonchev–Trinajstić information content (AvgIpc) is 2.36. The summed E-state index contributed by atoms with van der Waals surface area (Å²) in [7, 11) is 0. The smallest absolute Gasteiger partial charge is 0.407 e. The van der Waals surface area contributed by atoms with Gasteiger partial charge in [0.15, 0.2) is 0 Å². The number of ether oxygens (including phenoxy) is 1. The fourth-order valence-electron chi connectivity index (χ4n) is 1.70. The van der Waals surface area contributed by atoms with Crippen LogP contribution in [0, 0.1) is 6.92 Å². The topological polar surface area (TPSA) is 99.0 Å². The maximum absolute atomic E-state index is 11.5. The number of aromatic hydroxyl groups is 1. The van der Waals surface area contributed by atoms with Crippen LogP contribution in [0.5, 0.6) is 5.75 Å². The Bertz CT molecular complexity index is 495. The normalized spacial score (nSPS) is 14.4. The van der Waals surface area contributed by atoms with Crippen molar-refractivity contribution in [3.05, 3.63) is 29.3 Å². The number of amides is 1. The summed E-state index contributed by atoms with van der Waals surface area (Å²) in [6.07, 6.45) is -3.00. The summed E-state index contributed by atoms with van der Waals surface area (Å²) in [5, 5.41) is 31.7. The molecule has 6 heteroatoms. The molecule has 0 saturated carbocycles. The zero-order chi connectivity index (χ0) is 16.2. The first-order valence-electron chi connectivity index (χ1n) is 6.72. The fraction of sp³-hybridized carbons (Fsp3) is 0.533. The summed E-state index contributed by atoms with van der Waals surface area (Å²) >= 11 is 0. The van der Waals surface area contributed by atoms with Crippen molar-refractivity contribution in [2.45, 2.75) is 45.5 Å². The van der Waals surface area contributed by atoms with E-state index in [2.05, 4.69) is 5.32 Å². The molecule has 2 atom stereocenters. The molecule has 0 aliphatic heterocycles. The van der Waals surface area contributed by atoms with Crippen molar-refractivity contribution in [1.29, 1.82) is 0 Å². The Hall–Kier alpha value is -1.79. The minimum Gasteiger partial charge on any atom is -0.508 e. The maximum Gasteiger partial charge on any atom is 0.407 e. The van der Waals surface area contributed by atoms with Gasteiger partial charge >= 0.3 is 6.09 Å². The third-order valence-corrected chi connectivity index (χ3v) is 2.78. The van der Waals surface area contributed by atoms with Gasteiger partial charge in [-0.25, -0.2) is 4.79 Å². The summed E-state index contributed by atoms with van der Waals surface area (Å²) in [6.45, 7) is 6.75. The lowest BCUT2D eigenvalue weighted by Crippen LogP contribution is -2.38. The minimum absolute atomic E-state index is 0.118. The molecule has 0 aromatic heterocycles. The van der Waals surface area contributed by atoms with Gasteiger partial charge < -0.3 is 25.4 Å². The molecule has 0 spiro atoms. The second-order valence-electron chi connectivity index (χ2n) is 5.94. The van der Waals surface area contributed by atoms with Crippen LogP contribution in [-0.2, 0) is 4.74 Å². The van der Waals surface area contributed by atoms with Gasteiger partial charge in [-0.3, -0.25) is 0 Å². The van der Waals surface area contributed by atoms with Gasteiger partial charge in [-0.05, 0) is 51.0 Å². The Morgan fingerprint density at radius 1 is 1.33 bits per heavy atom. The van der Waals surface area contributed by atoms with Crippen LogP contribution in [0.1, 0.15) is 38.0 Å². The van der Waals surface area contributed by atoms with E-state index >= 15 is 0 Å². The highest BCUT2D eigenvalue weighted by molar-refractivity contribution is 5.67. The number of aliphatic hydroxyl groups excluding tert-OH is 2. The largest absolute Gasteiger partial charge is 0.508 e. The molecule has 1 aromatic rings. The predicted octanol–water partition coefficient (Wildman–Crippen LogP) is 1.62. The van der Waals surface area contributed by atoms with Gasteiger partial charge in [0.25, 0.3) is 0 Å². The number of phenolic OH excluding ortho intramolecular Hbond substituents is 1. The van der Waals surface area contributed by atoms with Crippen molar-refractivity contribution in [1.82, 2.24) is 5.32 Å². The van der Waals surface area contributed by atoms with Gasteiger partial charge in [0.05, 0.1) is 0 Å². The summed E-state index contributed by atoms with van der Waals surface area (Å²) in [5.74, 6) is 0.118. The summed E-state index contributed by atoms with van der Waals surface area (Å²) in [6, 6.07) is 4.54. The van der Waals surface area contributed by atoms with E-state index in [0.717, 1.165) is 0 Å². The predicted molar refractivity (Wildman–Crippen MR) is 78.0 cm³/mol. The molecule has 0 radical (unpaired) electrons. The first kappa shape index (κ1) is 17.3. The van der Waals surface area contributed by atoms with Crippen LogP contribution in [0.4, 0.5) is 4.79 Å². The van der Waals surface area contributed by atoms with E-state index in [1.807, 2.05) is 0 Å². The van der Waals surface area contributed by atoms with Gasteiger partial charge in [0.2, 0.25) is 0 Å². The highest BCUT2D eigenvalue weighted by Crippen LogP contribution is 2.23. The van der Waals surface area contributed by atoms with E-state index < -0.39 is 23.9 Å². The standard InChI is InChI=1S/C15H23NO5/c1-9-7-10(5-6-11(9)17)13(19)12(18)8-16-14(20)21-15(2,3)4/h5-7,12-13,17-19H,8H2,1-4H3,(H,16,20). The SMILES string of the molecule is Cc1cc(C(O)C(O)CNC(=O)OC(C)(C)C)ccc1O. The average molecular weight is 297 g/mol. The molecule has 0 fully saturated rings. The molecule has 4 N–H and O–H groups in total. The van der Waals surface area contributed by atoms with Gasteiger partial charge in [-0.15, -0.1) is 0 Å². The lowest BCUT2D eigenvalue weighted by molar-refractivity contribution is 0.0129. The highest BCUT2D eigenvalue weighted by Gasteiger charge is 2.21. The molecule has 6 nitrogen and oxygen atoms in total. The van der Waals surface area contributed by atoms with Crippen molar-refractivity contribution in [2.75, 3.05) is 6.54 Å². The molecule has 0 aliphatic rings. The monoisotopic (exact) mass is 297 g/mol. The molecular weight excluding hydrogens is 274 g/mol. The van der Waals surface area contributed by atoms with Crippen LogP contribution < -0.4 is 5.32 Å². The van der Waals surface area contributed by atoms with Crippen LogP contribution >= 0.6 is 0 Å². The van der Waals surface area contributed by atoms with Crippen molar-refractivity contribution in [2.24, 2.45) is 0 Å². The van der Waals surface area contributed by atoms with E-state index in [9.17, 15) is 20.1 Å². The number of nitrogens with one attached hydrogen (secondary N) is 1. The lowest BCUT2D eigenvalue weighted by atomic mass is 10.0. The Balaban J connectivity index is 2.56. The van der Waals surface area contributed by atoms with E-state index in [4.69, 9.17) is 4.74 Å². The Kier molecular flexibility index (Phi) is 5.57. The van der Waals surface area contributed by atoms with Crippen molar-refractivity contribution < 1.29 is 24.9 Å². The number of aliphatic hydroxyl groups is 2. The van der Waals surface area contributed by atoms with E-state index in [1.54, 1.807) is 33.8 Å². The second-order valence-corrected chi connectivity index (χ2v) is 5.94.